The van der Waals surface area contributed by atoms with E-state index in [0.717, 1.165) is 14.8 Å². The zero-order chi connectivity index (χ0) is 15.3. The van der Waals surface area contributed by atoms with Crippen LogP contribution in [-0.2, 0) is 0 Å². The van der Waals surface area contributed by atoms with Gasteiger partial charge >= 0.3 is 0 Å². The lowest BCUT2D eigenvalue weighted by Crippen LogP contribution is -2.21. The first-order valence-electron chi connectivity index (χ1n) is 6.38. The van der Waals surface area contributed by atoms with E-state index in [2.05, 4.69) is 10.3 Å². The number of hydrogen-bond acceptors (Lipinski definition) is 4. The van der Waals surface area contributed by atoms with Gasteiger partial charge in [-0.05, 0) is 24.3 Å². The highest BCUT2D eigenvalue weighted by atomic mass is 35.5. The van der Waals surface area contributed by atoms with Gasteiger partial charge in [-0.1, -0.05) is 35.0 Å². The Hall–Kier alpha value is -2.31. The predicted octanol–water partition coefficient (Wildman–Crippen LogP) is 3.79. The molecule has 4 nitrogen and oxygen atoms in total. The molecule has 7 heteroatoms. The molecule has 0 N–H and O–H groups in total. The fraction of sp³-hybridized carbons (Fsp3) is 0. The summed E-state index contributed by atoms with van der Waals surface area (Å²) in [6, 6.07) is 11.6. The van der Waals surface area contributed by atoms with Gasteiger partial charge in [0.1, 0.15) is 16.0 Å². The molecule has 0 bridgehead atoms. The van der Waals surface area contributed by atoms with Crippen molar-refractivity contribution in [1.82, 2.24) is 15.0 Å². The normalized spacial score (nSPS) is 11.4. The minimum absolute atomic E-state index is 0.0670. The van der Waals surface area contributed by atoms with Gasteiger partial charge in [-0.3, -0.25) is 4.79 Å². The van der Waals surface area contributed by atoms with Crippen LogP contribution in [0.5, 0.6) is 0 Å². The SMILES string of the molecule is O=c1c2sc3ccccc3c2nnn1-c1ccc(F)c(Cl)c1. The van der Waals surface area contributed by atoms with Gasteiger partial charge < -0.3 is 0 Å². The van der Waals surface area contributed by atoms with Gasteiger partial charge in [0, 0.05) is 10.1 Å². The van der Waals surface area contributed by atoms with Crippen LogP contribution in [-0.4, -0.2) is 15.0 Å². The van der Waals surface area contributed by atoms with E-state index in [9.17, 15) is 9.18 Å². The Bertz CT molecular complexity index is 1090. The van der Waals surface area contributed by atoms with Gasteiger partial charge in [0.25, 0.3) is 5.56 Å². The van der Waals surface area contributed by atoms with Crippen LogP contribution in [0.15, 0.2) is 47.3 Å². The van der Waals surface area contributed by atoms with E-state index in [0.29, 0.717) is 15.9 Å². The number of rotatable bonds is 1. The quantitative estimate of drug-likeness (QED) is 0.533. The highest BCUT2D eigenvalue weighted by Crippen LogP contribution is 2.29. The van der Waals surface area contributed by atoms with Crippen LogP contribution in [0, 0.1) is 5.82 Å². The largest absolute Gasteiger partial charge is 0.292 e. The van der Waals surface area contributed by atoms with Crippen LogP contribution in [0.2, 0.25) is 5.02 Å². The molecule has 0 fully saturated rings. The van der Waals surface area contributed by atoms with E-state index in [1.54, 1.807) is 0 Å². The van der Waals surface area contributed by atoms with Crippen LogP contribution in [0.3, 0.4) is 0 Å². The molecule has 0 aliphatic heterocycles. The second-order valence-corrected chi connectivity index (χ2v) is 6.14. The third-order valence-corrected chi connectivity index (χ3v) is 4.78. The van der Waals surface area contributed by atoms with Crippen molar-refractivity contribution in [2.24, 2.45) is 0 Å². The highest BCUT2D eigenvalue weighted by molar-refractivity contribution is 7.25. The molecule has 0 radical (unpaired) electrons. The standard InChI is InChI=1S/C15H7ClFN3OS/c16-10-7-8(5-6-11(10)17)20-15(21)14-13(18-19-20)9-3-1-2-4-12(9)22-14/h1-7H. The van der Waals surface area contributed by atoms with Gasteiger partial charge in [0.05, 0.1) is 10.7 Å². The molecule has 0 aliphatic carbocycles. The van der Waals surface area contributed by atoms with E-state index in [1.165, 1.54) is 29.5 Å². The Balaban J connectivity index is 2.03. The van der Waals surface area contributed by atoms with Gasteiger partial charge in [0.2, 0.25) is 0 Å². The summed E-state index contributed by atoms with van der Waals surface area (Å²) in [6.07, 6.45) is 0. The second-order valence-electron chi connectivity index (χ2n) is 4.68. The van der Waals surface area contributed by atoms with Crippen molar-refractivity contribution < 1.29 is 4.39 Å². The highest BCUT2D eigenvalue weighted by Gasteiger charge is 2.14. The van der Waals surface area contributed by atoms with E-state index < -0.39 is 5.82 Å². The van der Waals surface area contributed by atoms with Crippen molar-refractivity contribution in [1.29, 1.82) is 0 Å². The molecular formula is C15H7ClFN3OS. The summed E-state index contributed by atoms with van der Waals surface area (Å²) in [6.45, 7) is 0. The third kappa shape index (κ3) is 1.92. The zero-order valence-corrected chi connectivity index (χ0v) is 12.5. The molecule has 0 atom stereocenters. The molecule has 108 valence electrons. The Labute approximate surface area is 132 Å². The van der Waals surface area contributed by atoms with Crippen molar-refractivity contribution >= 4 is 43.2 Å². The summed E-state index contributed by atoms with van der Waals surface area (Å²) in [5.74, 6) is -0.547. The van der Waals surface area contributed by atoms with Gasteiger partial charge in [-0.25, -0.2) is 4.39 Å². The lowest BCUT2D eigenvalue weighted by molar-refractivity contribution is 0.626. The van der Waals surface area contributed by atoms with Crippen molar-refractivity contribution in [3.05, 3.63) is 63.7 Å². The molecule has 2 aromatic carbocycles. The molecule has 2 heterocycles. The minimum Gasteiger partial charge on any atom is -0.266 e. The number of benzene rings is 2. The average molecular weight is 332 g/mol. The maximum absolute atomic E-state index is 13.3. The maximum Gasteiger partial charge on any atom is 0.292 e. The fourth-order valence-electron chi connectivity index (χ4n) is 2.29. The molecule has 4 aromatic rings. The van der Waals surface area contributed by atoms with Crippen LogP contribution in [0.1, 0.15) is 0 Å². The number of nitrogens with zero attached hydrogens (tertiary/aromatic N) is 3. The molecule has 0 saturated heterocycles. The molecule has 4 rings (SSSR count). The van der Waals surface area contributed by atoms with E-state index >= 15 is 0 Å². The van der Waals surface area contributed by atoms with Crippen molar-refractivity contribution in [3.8, 4) is 5.69 Å². The van der Waals surface area contributed by atoms with Gasteiger partial charge in [0.15, 0.2) is 0 Å². The summed E-state index contributed by atoms with van der Waals surface area (Å²) in [5, 5.41) is 8.93. The van der Waals surface area contributed by atoms with E-state index in [1.807, 2.05) is 24.3 Å². The molecule has 22 heavy (non-hydrogen) atoms. The first kappa shape index (κ1) is 13.4. The number of hydrogen-bond donors (Lipinski definition) is 0. The molecule has 0 aliphatic rings. The molecule has 0 saturated carbocycles. The summed E-state index contributed by atoms with van der Waals surface area (Å²) >= 11 is 7.12. The molecule has 0 spiro atoms. The van der Waals surface area contributed by atoms with Crippen molar-refractivity contribution in [2.45, 2.75) is 0 Å². The number of fused-ring (bicyclic) bond motifs is 3. The molecule has 2 aromatic heterocycles. The third-order valence-electron chi connectivity index (χ3n) is 3.34. The Morgan fingerprint density at radius 2 is 2.00 bits per heavy atom. The van der Waals surface area contributed by atoms with E-state index in [-0.39, 0.29) is 10.6 Å². The lowest BCUT2D eigenvalue weighted by Gasteiger charge is -2.04. The predicted molar refractivity (Wildman–Crippen MR) is 85.5 cm³/mol. The lowest BCUT2D eigenvalue weighted by atomic mass is 10.2. The first-order chi connectivity index (χ1) is 10.6. The van der Waals surface area contributed by atoms with Gasteiger partial charge in [-0.2, -0.15) is 4.68 Å². The van der Waals surface area contributed by atoms with E-state index in [4.69, 9.17) is 11.6 Å². The summed E-state index contributed by atoms with van der Waals surface area (Å²) in [7, 11) is 0. The zero-order valence-electron chi connectivity index (χ0n) is 11.0. The number of thiophene rings is 1. The monoisotopic (exact) mass is 331 g/mol. The van der Waals surface area contributed by atoms with Crippen LogP contribution < -0.4 is 5.56 Å². The molecular weight excluding hydrogens is 325 g/mol. The van der Waals surface area contributed by atoms with Crippen molar-refractivity contribution in [2.75, 3.05) is 0 Å². The summed E-state index contributed by atoms with van der Waals surface area (Å²) in [4.78, 5) is 12.6. The Morgan fingerprint density at radius 3 is 2.82 bits per heavy atom. The summed E-state index contributed by atoms with van der Waals surface area (Å²) < 4.78 is 15.9. The molecule has 0 amide bonds. The first-order valence-corrected chi connectivity index (χ1v) is 7.57. The van der Waals surface area contributed by atoms with Crippen LogP contribution in [0.4, 0.5) is 4.39 Å². The van der Waals surface area contributed by atoms with Crippen molar-refractivity contribution in [3.63, 3.8) is 0 Å². The average Bonchev–Trinajstić information content (AvgIpc) is 2.90. The van der Waals surface area contributed by atoms with Gasteiger partial charge in [-0.15, -0.1) is 16.4 Å². The topological polar surface area (TPSA) is 47.8 Å². The number of halogens is 2. The Morgan fingerprint density at radius 1 is 1.18 bits per heavy atom. The van der Waals surface area contributed by atoms with Crippen LogP contribution >= 0.6 is 22.9 Å². The maximum atomic E-state index is 13.3. The smallest absolute Gasteiger partial charge is 0.266 e. The Kier molecular flexibility index (Phi) is 2.95. The minimum atomic E-state index is -0.547. The molecule has 0 unspecified atom stereocenters. The number of aromatic nitrogens is 3. The fourth-order valence-corrected chi connectivity index (χ4v) is 3.53. The van der Waals surface area contributed by atoms with Crippen LogP contribution in [0.25, 0.3) is 26.0 Å². The second kappa shape index (κ2) is 4.86. The summed E-state index contributed by atoms with van der Waals surface area (Å²) in [5.41, 5.74) is 0.659.